The molecule has 8 heteroatoms. The number of ether oxygens (including phenoxy) is 2. The van der Waals surface area contributed by atoms with E-state index in [4.69, 9.17) is 9.47 Å². The van der Waals surface area contributed by atoms with Crippen LogP contribution in [0.1, 0.15) is 38.2 Å². The van der Waals surface area contributed by atoms with E-state index in [1.165, 1.54) is 25.0 Å². The van der Waals surface area contributed by atoms with Gasteiger partial charge in [-0.15, -0.1) is 0 Å². The molecule has 0 spiro atoms. The van der Waals surface area contributed by atoms with E-state index in [-0.39, 0.29) is 12.5 Å². The third-order valence-electron chi connectivity index (χ3n) is 5.93. The van der Waals surface area contributed by atoms with E-state index in [1.54, 1.807) is 36.1 Å². The van der Waals surface area contributed by atoms with Crippen LogP contribution in [0.3, 0.4) is 0 Å². The largest absolute Gasteiger partial charge is 0.492 e. The lowest BCUT2D eigenvalue weighted by Gasteiger charge is -2.26. The molecule has 34 heavy (non-hydrogen) atoms. The number of nitrogens with zero attached hydrogens (tertiary/aromatic N) is 1. The van der Waals surface area contributed by atoms with Gasteiger partial charge in [-0.3, -0.25) is 0 Å². The molecule has 2 N–H and O–H groups in total. The molecule has 0 heterocycles. The number of halogens is 1. The fraction of sp³-hybridized carbons (Fsp3) is 0.462. The fourth-order valence-electron chi connectivity index (χ4n) is 4.18. The van der Waals surface area contributed by atoms with Crippen molar-refractivity contribution in [2.75, 3.05) is 31.6 Å². The molecule has 0 radical (unpaired) electrons. The maximum absolute atomic E-state index is 13.5. The predicted octanol–water partition coefficient (Wildman–Crippen LogP) is 4.96. The van der Waals surface area contributed by atoms with Gasteiger partial charge in [0.15, 0.2) is 6.10 Å². The first kappa shape index (κ1) is 25.5. The fourth-order valence-corrected chi connectivity index (χ4v) is 4.18. The maximum atomic E-state index is 13.5. The van der Waals surface area contributed by atoms with Gasteiger partial charge in [-0.05, 0) is 61.6 Å². The number of carboxylic acids is 1. The summed E-state index contributed by atoms with van der Waals surface area (Å²) in [4.78, 5) is 25.9. The summed E-state index contributed by atoms with van der Waals surface area (Å²) >= 11 is 0. The Morgan fingerprint density at radius 3 is 2.56 bits per heavy atom. The Labute approximate surface area is 199 Å². The zero-order valence-electron chi connectivity index (χ0n) is 19.5. The van der Waals surface area contributed by atoms with Gasteiger partial charge in [0, 0.05) is 25.3 Å². The summed E-state index contributed by atoms with van der Waals surface area (Å²) < 4.78 is 24.6. The molecule has 1 unspecified atom stereocenters. The van der Waals surface area contributed by atoms with Gasteiger partial charge >= 0.3 is 12.0 Å². The molecule has 2 aromatic carbocycles. The van der Waals surface area contributed by atoms with Gasteiger partial charge in [0.25, 0.3) is 0 Å². The van der Waals surface area contributed by atoms with E-state index in [9.17, 15) is 19.1 Å². The van der Waals surface area contributed by atoms with Gasteiger partial charge in [0.1, 0.15) is 18.2 Å². The molecule has 2 amide bonds. The lowest BCUT2D eigenvalue weighted by molar-refractivity contribution is -0.149. The minimum Gasteiger partial charge on any atom is -0.492 e. The van der Waals surface area contributed by atoms with Gasteiger partial charge in [0.05, 0.1) is 6.54 Å². The molecule has 2 aromatic rings. The quantitative estimate of drug-likeness (QED) is 0.456. The number of anilines is 1. The molecule has 3 rings (SSSR count). The zero-order valence-corrected chi connectivity index (χ0v) is 19.5. The summed E-state index contributed by atoms with van der Waals surface area (Å²) in [6, 6.07) is 12.8. The monoisotopic (exact) mass is 472 g/mol. The topological polar surface area (TPSA) is 88.1 Å². The van der Waals surface area contributed by atoms with E-state index in [0.29, 0.717) is 43.7 Å². The Morgan fingerprint density at radius 1 is 1.18 bits per heavy atom. The highest BCUT2D eigenvalue weighted by Gasteiger charge is 2.22. The van der Waals surface area contributed by atoms with Crippen molar-refractivity contribution in [1.29, 1.82) is 0 Å². The van der Waals surface area contributed by atoms with E-state index >= 15 is 0 Å². The van der Waals surface area contributed by atoms with Crippen LogP contribution >= 0.6 is 0 Å². The number of nitrogens with one attached hydrogen (secondary N) is 1. The number of benzene rings is 2. The first-order chi connectivity index (χ1) is 16.4. The molecular formula is C26H33FN2O5. The third-order valence-corrected chi connectivity index (χ3v) is 5.93. The number of urea groups is 1. The van der Waals surface area contributed by atoms with Crippen LogP contribution in [0.4, 0.5) is 14.9 Å². The summed E-state index contributed by atoms with van der Waals surface area (Å²) in [7, 11) is 0. The van der Waals surface area contributed by atoms with Crippen LogP contribution in [0.5, 0.6) is 5.75 Å². The van der Waals surface area contributed by atoms with E-state index < -0.39 is 17.9 Å². The molecule has 1 aliphatic carbocycles. The molecule has 0 aliphatic heterocycles. The van der Waals surface area contributed by atoms with Crippen molar-refractivity contribution in [3.63, 3.8) is 0 Å². The van der Waals surface area contributed by atoms with Crippen LogP contribution in [0.15, 0.2) is 48.5 Å². The molecule has 7 nitrogen and oxygen atoms in total. The van der Waals surface area contributed by atoms with Gasteiger partial charge in [-0.1, -0.05) is 31.0 Å². The smallest absolute Gasteiger partial charge is 0.333 e. The Kier molecular flexibility index (Phi) is 9.70. The number of carbonyl (C=O) groups is 2. The van der Waals surface area contributed by atoms with Crippen molar-refractivity contribution in [2.45, 2.75) is 45.1 Å². The normalized spacial score (nSPS) is 14.5. The standard InChI is InChI=1S/C26H33FN2O5/c1-2-33-24(25(30)31)16-19-10-12-23(13-11-19)34-15-14-29(18-20-6-3-4-7-20)26(32)28-22-9-5-8-21(27)17-22/h5,8-13,17,20,24H,2-4,6-7,14-16,18H2,1H3,(H,28,32)(H,30,31). The highest BCUT2D eigenvalue weighted by atomic mass is 19.1. The SMILES string of the molecule is CCOC(Cc1ccc(OCCN(CC2CCCC2)C(=O)Nc2cccc(F)c2)cc1)C(=O)O. The molecule has 1 saturated carbocycles. The molecule has 1 atom stereocenters. The molecule has 1 aliphatic rings. The summed E-state index contributed by atoms with van der Waals surface area (Å²) in [6.45, 7) is 3.44. The van der Waals surface area contributed by atoms with Crippen LogP contribution in [0.2, 0.25) is 0 Å². The van der Waals surface area contributed by atoms with Crippen molar-refractivity contribution >= 4 is 17.7 Å². The van der Waals surface area contributed by atoms with E-state index in [2.05, 4.69) is 5.32 Å². The number of amides is 2. The Balaban J connectivity index is 1.54. The van der Waals surface area contributed by atoms with Crippen molar-refractivity contribution < 1.29 is 28.6 Å². The highest BCUT2D eigenvalue weighted by Crippen LogP contribution is 2.26. The minimum absolute atomic E-state index is 0.271. The number of carboxylic acid groups (broad SMARTS) is 1. The number of aliphatic carboxylic acids is 1. The van der Waals surface area contributed by atoms with Gasteiger partial charge < -0.3 is 24.8 Å². The van der Waals surface area contributed by atoms with Crippen LogP contribution in [-0.2, 0) is 16.0 Å². The summed E-state index contributed by atoms with van der Waals surface area (Å²) in [5.74, 6) is -0.285. The predicted molar refractivity (Wildman–Crippen MR) is 128 cm³/mol. The van der Waals surface area contributed by atoms with Crippen molar-refractivity contribution in [3.8, 4) is 5.75 Å². The molecule has 0 aromatic heterocycles. The Hall–Kier alpha value is -3.13. The highest BCUT2D eigenvalue weighted by molar-refractivity contribution is 5.89. The molecule has 1 fully saturated rings. The van der Waals surface area contributed by atoms with Gasteiger partial charge in [-0.25, -0.2) is 14.0 Å². The molecular weight excluding hydrogens is 439 g/mol. The average Bonchev–Trinajstić information content (AvgIpc) is 3.32. The number of hydrogen-bond acceptors (Lipinski definition) is 4. The third kappa shape index (κ3) is 8.02. The first-order valence-electron chi connectivity index (χ1n) is 11.8. The van der Waals surface area contributed by atoms with Crippen LogP contribution in [-0.4, -0.2) is 54.4 Å². The summed E-state index contributed by atoms with van der Waals surface area (Å²) in [5, 5.41) is 12.0. The Morgan fingerprint density at radius 2 is 1.91 bits per heavy atom. The van der Waals surface area contributed by atoms with Crippen LogP contribution in [0, 0.1) is 11.7 Å². The summed E-state index contributed by atoms with van der Waals surface area (Å²) in [5.41, 5.74) is 1.26. The zero-order chi connectivity index (χ0) is 24.3. The van der Waals surface area contributed by atoms with Crippen LogP contribution in [0.25, 0.3) is 0 Å². The average molecular weight is 473 g/mol. The molecule has 184 valence electrons. The van der Waals surface area contributed by atoms with E-state index in [1.807, 2.05) is 12.1 Å². The summed E-state index contributed by atoms with van der Waals surface area (Å²) in [6.07, 6.45) is 3.96. The molecule has 0 saturated heterocycles. The van der Waals surface area contributed by atoms with Crippen LogP contribution < -0.4 is 10.1 Å². The second-order valence-electron chi connectivity index (χ2n) is 8.52. The number of rotatable bonds is 12. The van der Waals surface area contributed by atoms with Crippen molar-refractivity contribution in [1.82, 2.24) is 4.90 Å². The Bertz CT molecular complexity index is 931. The minimum atomic E-state index is -0.985. The lowest BCUT2D eigenvalue weighted by atomic mass is 10.1. The van der Waals surface area contributed by atoms with Crippen molar-refractivity contribution in [2.24, 2.45) is 5.92 Å². The van der Waals surface area contributed by atoms with Gasteiger partial charge in [0.2, 0.25) is 0 Å². The molecule has 0 bridgehead atoms. The number of hydrogen-bond donors (Lipinski definition) is 2. The van der Waals surface area contributed by atoms with Gasteiger partial charge in [-0.2, -0.15) is 0 Å². The lowest BCUT2D eigenvalue weighted by Crippen LogP contribution is -2.40. The maximum Gasteiger partial charge on any atom is 0.333 e. The van der Waals surface area contributed by atoms with E-state index in [0.717, 1.165) is 18.4 Å². The van der Waals surface area contributed by atoms with Crippen molar-refractivity contribution in [3.05, 3.63) is 59.9 Å². The number of carbonyl (C=O) groups excluding carboxylic acids is 1. The second-order valence-corrected chi connectivity index (χ2v) is 8.52. The second kappa shape index (κ2) is 12.9. The first-order valence-corrected chi connectivity index (χ1v) is 11.8.